The minimum atomic E-state index is -0.927. The highest BCUT2D eigenvalue weighted by Gasteiger charge is 2.42. The molecular formula is C37H30O5. The van der Waals surface area contributed by atoms with Crippen molar-refractivity contribution in [2.75, 3.05) is 14.2 Å². The number of fused-ring (bicyclic) bond motifs is 8. The molecule has 0 saturated carbocycles. The van der Waals surface area contributed by atoms with Gasteiger partial charge in [-0.2, -0.15) is 0 Å². The van der Waals surface area contributed by atoms with Crippen molar-refractivity contribution in [1.82, 2.24) is 0 Å². The monoisotopic (exact) mass is 554 g/mol. The van der Waals surface area contributed by atoms with Gasteiger partial charge in [-0.25, -0.2) is 0 Å². The molecule has 42 heavy (non-hydrogen) atoms. The average molecular weight is 555 g/mol. The van der Waals surface area contributed by atoms with Crippen LogP contribution in [0.5, 0.6) is 17.2 Å². The van der Waals surface area contributed by atoms with E-state index >= 15 is 0 Å². The summed E-state index contributed by atoms with van der Waals surface area (Å²) < 4.78 is 24.3. The molecule has 7 rings (SSSR count). The molecular weight excluding hydrogens is 524 g/mol. The predicted octanol–water partition coefficient (Wildman–Crippen LogP) is 8.23. The first kappa shape index (κ1) is 25.9. The van der Waals surface area contributed by atoms with E-state index in [1.54, 1.807) is 14.2 Å². The molecule has 5 heteroatoms. The zero-order valence-electron chi connectivity index (χ0n) is 23.7. The summed E-state index contributed by atoms with van der Waals surface area (Å²) in [6.07, 6.45) is 4.02. The molecule has 1 unspecified atom stereocenters. The summed E-state index contributed by atoms with van der Waals surface area (Å²) in [5, 5.41) is 2.06. The van der Waals surface area contributed by atoms with Crippen molar-refractivity contribution < 1.29 is 23.7 Å². The van der Waals surface area contributed by atoms with Crippen molar-refractivity contribution in [3.8, 4) is 28.4 Å². The third kappa shape index (κ3) is 3.88. The Morgan fingerprint density at radius 1 is 0.786 bits per heavy atom. The number of benzene rings is 5. The van der Waals surface area contributed by atoms with E-state index < -0.39 is 11.7 Å². The molecule has 1 aliphatic carbocycles. The lowest BCUT2D eigenvalue weighted by Crippen LogP contribution is -2.34. The SMILES string of the molecule is CCC(=O)OC1c2ccccc2-c2c1c1c(c3ccccc23)OC(c2ccc(OC)cc2)(c2ccc(OC)cc2)C=C1. The summed E-state index contributed by atoms with van der Waals surface area (Å²) >= 11 is 0. The van der Waals surface area contributed by atoms with Gasteiger partial charge in [0.1, 0.15) is 17.2 Å². The minimum Gasteiger partial charge on any atom is -0.497 e. The molecule has 208 valence electrons. The van der Waals surface area contributed by atoms with Gasteiger partial charge >= 0.3 is 5.97 Å². The van der Waals surface area contributed by atoms with Gasteiger partial charge in [-0.15, -0.1) is 0 Å². The van der Waals surface area contributed by atoms with Crippen LogP contribution in [0, 0.1) is 0 Å². The zero-order valence-corrected chi connectivity index (χ0v) is 23.7. The molecule has 0 amide bonds. The van der Waals surface area contributed by atoms with Gasteiger partial charge in [0, 0.05) is 39.6 Å². The normalized spacial score (nSPS) is 15.7. The van der Waals surface area contributed by atoms with E-state index in [0.29, 0.717) is 6.42 Å². The Morgan fingerprint density at radius 3 is 2.00 bits per heavy atom. The standard InChI is InChI=1S/C37H30O5/c1-4-32(38)41-36-30-12-8-6-10-28(30)33-27-9-5-7-11-29(27)35-31(34(33)36)21-22-37(42-35,23-13-17-25(39-2)18-14-23)24-15-19-26(40-3)20-16-24/h5-22,36H,4H2,1-3H3. The van der Waals surface area contributed by atoms with Crippen molar-refractivity contribution in [3.63, 3.8) is 0 Å². The van der Waals surface area contributed by atoms with Crippen LogP contribution in [0.15, 0.2) is 103 Å². The third-order valence-corrected chi connectivity index (χ3v) is 8.34. The van der Waals surface area contributed by atoms with Crippen LogP contribution in [-0.2, 0) is 15.1 Å². The second-order valence-corrected chi connectivity index (χ2v) is 10.5. The van der Waals surface area contributed by atoms with Crippen LogP contribution in [0.3, 0.4) is 0 Å². The van der Waals surface area contributed by atoms with Gasteiger partial charge in [0.05, 0.1) is 14.2 Å². The number of hydrogen-bond donors (Lipinski definition) is 0. The van der Waals surface area contributed by atoms with E-state index in [4.69, 9.17) is 18.9 Å². The number of hydrogen-bond acceptors (Lipinski definition) is 5. The van der Waals surface area contributed by atoms with Gasteiger partial charge in [0.15, 0.2) is 11.7 Å². The van der Waals surface area contributed by atoms with E-state index in [1.165, 1.54) is 0 Å². The highest BCUT2D eigenvalue weighted by molar-refractivity contribution is 6.08. The summed E-state index contributed by atoms with van der Waals surface area (Å²) in [5.41, 5.74) is 6.02. The van der Waals surface area contributed by atoms with E-state index in [-0.39, 0.29) is 5.97 Å². The van der Waals surface area contributed by atoms with Crippen LogP contribution in [0.2, 0.25) is 0 Å². The first-order valence-electron chi connectivity index (χ1n) is 14.1. The molecule has 0 N–H and O–H groups in total. The Hall–Kier alpha value is -5.03. The fourth-order valence-corrected chi connectivity index (χ4v) is 6.28. The average Bonchev–Trinajstić information content (AvgIpc) is 3.38. The van der Waals surface area contributed by atoms with Gasteiger partial charge < -0.3 is 18.9 Å². The minimum absolute atomic E-state index is 0.240. The molecule has 0 radical (unpaired) electrons. The van der Waals surface area contributed by atoms with Gasteiger partial charge in [-0.3, -0.25) is 4.79 Å². The fourth-order valence-electron chi connectivity index (χ4n) is 6.28. The van der Waals surface area contributed by atoms with E-state index in [2.05, 4.69) is 36.4 Å². The quantitative estimate of drug-likeness (QED) is 0.198. The maximum atomic E-state index is 12.7. The van der Waals surface area contributed by atoms with Crippen LogP contribution in [0.1, 0.15) is 47.3 Å². The third-order valence-electron chi connectivity index (χ3n) is 8.34. The van der Waals surface area contributed by atoms with Gasteiger partial charge in [-0.1, -0.05) is 85.8 Å². The lowest BCUT2D eigenvalue weighted by atomic mass is 9.81. The first-order chi connectivity index (χ1) is 20.6. The number of rotatable bonds is 6. The number of ether oxygens (including phenoxy) is 4. The van der Waals surface area contributed by atoms with E-state index in [1.807, 2.05) is 79.7 Å². The molecule has 0 aromatic heterocycles. The lowest BCUT2D eigenvalue weighted by molar-refractivity contribution is -0.147. The van der Waals surface area contributed by atoms with Crippen LogP contribution in [0.4, 0.5) is 0 Å². The molecule has 5 nitrogen and oxygen atoms in total. The summed E-state index contributed by atoms with van der Waals surface area (Å²) in [6.45, 7) is 1.82. The number of carbonyl (C=O) groups excluding carboxylic acids is 1. The Kier molecular flexibility index (Phi) is 6.23. The van der Waals surface area contributed by atoms with Gasteiger partial charge in [0.25, 0.3) is 0 Å². The lowest BCUT2D eigenvalue weighted by Gasteiger charge is -2.37. The van der Waals surface area contributed by atoms with Gasteiger partial charge in [0.2, 0.25) is 0 Å². The molecule has 0 bridgehead atoms. The number of methoxy groups -OCH3 is 2. The smallest absolute Gasteiger partial charge is 0.306 e. The largest absolute Gasteiger partial charge is 0.497 e. The summed E-state index contributed by atoms with van der Waals surface area (Å²) in [5.74, 6) is 2.05. The number of carbonyl (C=O) groups is 1. The zero-order chi connectivity index (χ0) is 28.8. The summed E-state index contributed by atoms with van der Waals surface area (Å²) in [7, 11) is 3.32. The molecule has 5 aromatic rings. The molecule has 1 aliphatic heterocycles. The highest BCUT2D eigenvalue weighted by atomic mass is 16.5. The molecule has 0 fully saturated rings. The topological polar surface area (TPSA) is 54.0 Å². The Balaban J connectivity index is 1.50. The van der Waals surface area contributed by atoms with Crippen molar-refractivity contribution in [2.45, 2.75) is 25.0 Å². The predicted molar refractivity (Wildman–Crippen MR) is 164 cm³/mol. The van der Waals surface area contributed by atoms with Crippen molar-refractivity contribution in [1.29, 1.82) is 0 Å². The van der Waals surface area contributed by atoms with E-state index in [0.717, 1.165) is 67.0 Å². The Morgan fingerprint density at radius 2 is 1.38 bits per heavy atom. The number of esters is 1. The molecule has 0 spiro atoms. The van der Waals surface area contributed by atoms with E-state index in [9.17, 15) is 4.79 Å². The fraction of sp³-hybridized carbons (Fsp3) is 0.162. The maximum absolute atomic E-state index is 12.7. The second-order valence-electron chi connectivity index (χ2n) is 10.5. The van der Waals surface area contributed by atoms with Gasteiger partial charge in [-0.05, 0) is 46.9 Å². The van der Waals surface area contributed by atoms with Crippen molar-refractivity contribution in [3.05, 3.63) is 131 Å². The van der Waals surface area contributed by atoms with Crippen LogP contribution in [-0.4, -0.2) is 20.2 Å². The van der Waals surface area contributed by atoms with Crippen LogP contribution >= 0.6 is 0 Å². The molecule has 2 aliphatic rings. The molecule has 0 saturated heterocycles. The highest BCUT2D eigenvalue weighted by Crippen LogP contribution is 2.56. The maximum Gasteiger partial charge on any atom is 0.306 e. The molecule has 5 aromatic carbocycles. The van der Waals surface area contributed by atoms with Crippen LogP contribution in [0.25, 0.3) is 28.0 Å². The molecule has 1 atom stereocenters. The van der Waals surface area contributed by atoms with Crippen LogP contribution < -0.4 is 14.2 Å². The first-order valence-corrected chi connectivity index (χ1v) is 14.1. The summed E-state index contributed by atoms with van der Waals surface area (Å²) in [4.78, 5) is 12.7. The van der Waals surface area contributed by atoms with Crippen molar-refractivity contribution in [2.24, 2.45) is 0 Å². The summed E-state index contributed by atoms with van der Waals surface area (Å²) in [6, 6.07) is 32.4. The Labute approximate surface area is 244 Å². The Bertz CT molecular complexity index is 1800. The second kappa shape index (κ2) is 10.1. The molecule has 1 heterocycles. The van der Waals surface area contributed by atoms with Crippen molar-refractivity contribution >= 4 is 22.8 Å².